The summed E-state index contributed by atoms with van der Waals surface area (Å²) in [6.45, 7) is 2.06. The SMILES string of the molecule is Cc1nc(N2CCOC(C(F)F)C2)c(C(=O)Nc2ccnc(SN)c2)cc1Cl. The van der Waals surface area contributed by atoms with Crippen LogP contribution in [0.2, 0.25) is 5.02 Å². The molecule has 11 heteroatoms. The van der Waals surface area contributed by atoms with Crippen molar-refractivity contribution in [3.63, 3.8) is 0 Å². The smallest absolute Gasteiger partial charge is 0.266 e. The highest BCUT2D eigenvalue weighted by molar-refractivity contribution is 7.97. The lowest BCUT2D eigenvalue weighted by Crippen LogP contribution is -2.46. The summed E-state index contributed by atoms with van der Waals surface area (Å²) >= 11 is 7.11. The van der Waals surface area contributed by atoms with Crippen LogP contribution in [0.25, 0.3) is 0 Å². The number of rotatable bonds is 5. The second-order valence-electron chi connectivity index (χ2n) is 6.07. The van der Waals surface area contributed by atoms with Crippen LogP contribution >= 0.6 is 23.5 Å². The minimum Gasteiger partial charge on any atom is -0.369 e. The predicted molar refractivity (Wildman–Crippen MR) is 104 cm³/mol. The van der Waals surface area contributed by atoms with E-state index in [0.717, 1.165) is 11.9 Å². The van der Waals surface area contributed by atoms with Gasteiger partial charge >= 0.3 is 0 Å². The summed E-state index contributed by atoms with van der Waals surface area (Å²) in [7, 11) is 0. The van der Waals surface area contributed by atoms with Crippen LogP contribution in [0.3, 0.4) is 0 Å². The van der Waals surface area contributed by atoms with Crippen LogP contribution in [0.1, 0.15) is 16.1 Å². The van der Waals surface area contributed by atoms with Crippen LogP contribution in [0, 0.1) is 6.92 Å². The molecule has 0 spiro atoms. The number of halogens is 3. The van der Waals surface area contributed by atoms with Crippen molar-refractivity contribution in [1.29, 1.82) is 0 Å². The molecule has 2 aromatic rings. The average molecular weight is 430 g/mol. The Morgan fingerprint density at radius 3 is 3.00 bits per heavy atom. The molecule has 3 rings (SSSR count). The Morgan fingerprint density at radius 1 is 1.50 bits per heavy atom. The highest BCUT2D eigenvalue weighted by atomic mass is 35.5. The Morgan fingerprint density at radius 2 is 2.29 bits per heavy atom. The molecule has 7 nitrogen and oxygen atoms in total. The van der Waals surface area contributed by atoms with E-state index in [9.17, 15) is 13.6 Å². The molecule has 1 atom stereocenters. The van der Waals surface area contributed by atoms with Gasteiger partial charge in [-0.05, 0) is 37.1 Å². The number of alkyl halides is 2. The van der Waals surface area contributed by atoms with E-state index >= 15 is 0 Å². The molecule has 150 valence electrons. The molecule has 3 N–H and O–H groups in total. The summed E-state index contributed by atoms with van der Waals surface area (Å²) in [5, 5.41) is 9.07. The Hall–Kier alpha value is -2.01. The van der Waals surface area contributed by atoms with Crippen molar-refractivity contribution in [2.45, 2.75) is 24.5 Å². The quantitative estimate of drug-likeness (QED) is 0.705. The van der Waals surface area contributed by atoms with Gasteiger partial charge in [-0.15, -0.1) is 0 Å². The number of aromatic nitrogens is 2. The fourth-order valence-electron chi connectivity index (χ4n) is 2.75. The summed E-state index contributed by atoms with van der Waals surface area (Å²) in [6.07, 6.45) is -2.36. The van der Waals surface area contributed by atoms with Crippen molar-refractivity contribution >= 4 is 41.0 Å². The van der Waals surface area contributed by atoms with Gasteiger partial charge in [-0.25, -0.2) is 18.7 Å². The number of morpholine rings is 1. The molecule has 2 aromatic heterocycles. The van der Waals surface area contributed by atoms with Gasteiger partial charge in [0.05, 0.1) is 29.4 Å². The standard InChI is InChI=1S/C17H18ClF2N5O2S/c1-9-12(18)7-11(17(26)24-10-2-3-22-14(6-10)28-21)16(23-9)25-4-5-27-13(8-25)15(19)20/h2-3,6-7,13,15H,4-5,8,21H2,1H3,(H,22,24,26). The summed E-state index contributed by atoms with van der Waals surface area (Å²) < 4.78 is 31.3. The van der Waals surface area contributed by atoms with Crippen LogP contribution in [-0.4, -0.2) is 48.1 Å². The first-order valence-electron chi connectivity index (χ1n) is 8.35. The molecule has 1 saturated heterocycles. The van der Waals surface area contributed by atoms with E-state index in [0.29, 0.717) is 28.0 Å². The van der Waals surface area contributed by atoms with Crippen molar-refractivity contribution in [3.8, 4) is 0 Å². The number of anilines is 2. The molecule has 0 saturated carbocycles. The number of hydrogen-bond acceptors (Lipinski definition) is 7. The molecule has 28 heavy (non-hydrogen) atoms. The number of amides is 1. The van der Waals surface area contributed by atoms with Crippen LogP contribution in [0.4, 0.5) is 20.3 Å². The van der Waals surface area contributed by atoms with Gasteiger partial charge in [0, 0.05) is 18.4 Å². The normalized spacial score (nSPS) is 17.1. The van der Waals surface area contributed by atoms with E-state index in [1.165, 1.54) is 12.3 Å². The van der Waals surface area contributed by atoms with E-state index in [1.54, 1.807) is 24.0 Å². The maximum atomic E-state index is 13.1. The molecule has 0 aliphatic carbocycles. The molecule has 3 heterocycles. The Balaban J connectivity index is 1.91. The van der Waals surface area contributed by atoms with Gasteiger partial charge in [0.2, 0.25) is 0 Å². The highest BCUT2D eigenvalue weighted by Crippen LogP contribution is 2.28. The molecule has 0 aromatic carbocycles. The molecule has 1 fully saturated rings. The van der Waals surface area contributed by atoms with E-state index in [4.69, 9.17) is 21.5 Å². The van der Waals surface area contributed by atoms with E-state index < -0.39 is 18.4 Å². The fraction of sp³-hybridized carbons (Fsp3) is 0.353. The molecular formula is C17H18ClF2N5O2S. The summed E-state index contributed by atoms with van der Waals surface area (Å²) in [4.78, 5) is 22.9. The Kier molecular flexibility index (Phi) is 6.65. The minimum absolute atomic E-state index is 0.0742. The average Bonchev–Trinajstić information content (AvgIpc) is 2.69. The Labute approximate surface area is 169 Å². The number of nitrogens with two attached hydrogens (primary N) is 1. The van der Waals surface area contributed by atoms with Gasteiger partial charge in [-0.1, -0.05) is 11.6 Å². The highest BCUT2D eigenvalue weighted by Gasteiger charge is 2.31. The van der Waals surface area contributed by atoms with Gasteiger partial charge in [-0.3, -0.25) is 9.93 Å². The van der Waals surface area contributed by atoms with Gasteiger partial charge in [0.1, 0.15) is 16.9 Å². The molecule has 1 unspecified atom stereocenters. The zero-order valence-electron chi connectivity index (χ0n) is 14.9. The second kappa shape index (κ2) is 8.99. The van der Waals surface area contributed by atoms with Crippen molar-refractivity contribution in [3.05, 3.63) is 40.7 Å². The fourth-order valence-corrected chi connectivity index (χ4v) is 3.21. The lowest BCUT2D eigenvalue weighted by molar-refractivity contribution is -0.0615. The molecule has 1 aliphatic rings. The maximum Gasteiger partial charge on any atom is 0.266 e. The zero-order valence-corrected chi connectivity index (χ0v) is 16.4. The number of carbonyl (C=O) groups excluding carboxylic acids is 1. The number of nitrogens with one attached hydrogen (secondary N) is 1. The van der Waals surface area contributed by atoms with Crippen LogP contribution in [0.15, 0.2) is 29.4 Å². The molecular weight excluding hydrogens is 412 g/mol. The van der Waals surface area contributed by atoms with Gasteiger partial charge in [-0.2, -0.15) is 0 Å². The summed E-state index contributed by atoms with van der Waals surface area (Å²) in [5.74, 6) is -0.181. The topological polar surface area (TPSA) is 93.4 Å². The zero-order chi connectivity index (χ0) is 20.3. The number of ether oxygens (including phenoxy) is 1. The van der Waals surface area contributed by atoms with Gasteiger partial charge < -0.3 is 15.0 Å². The van der Waals surface area contributed by atoms with Crippen LogP contribution in [0.5, 0.6) is 0 Å². The molecule has 1 amide bonds. The summed E-state index contributed by atoms with van der Waals surface area (Å²) in [6, 6.07) is 4.72. The Bertz CT molecular complexity index is 873. The number of carbonyl (C=O) groups is 1. The predicted octanol–water partition coefficient (Wildman–Crippen LogP) is 3.13. The minimum atomic E-state index is -2.63. The second-order valence-corrected chi connectivity index (χ2v) is 7.13. The van der Waals surface area contributed by atoms with Crippen molar-refractivity contribution in [2.24, 2.45) is 5.14 Å². The lowest BCUT2D eigenvalue weighted by Gasteiger charge is -2.34. The first-order chi connectivity index (χ1) is 13.4. The monoisotopic (exact) mass is 429 g/mol. The van der Waals surface area contributed by atoms with Crippen LogP contribution in [-0.2, 0) is 4.74 Å². The third-order valence-corrected chi connectivity index (χ3v) is 5.01. The van der Waals surface area contributed by atoms with Gasteiger partial charge in [0.25, 0.3) is 12.3 Å². The first-order valence-corrected chi connectivity index (χ1v) is 9.60. The molecule has 1 aliphatic heterocycles. The first kappa shape index (κ1) is 20.7. The van der Waals surface area contributed by atoms with Crippen LogP contribution < -0.4 is 15.4 Å². The van der Waals surface area contributed by atoms with Crippen molar-refractivity contribution in [2.75, 3.05) is 29.9 Å². The largest absolute Gasteiger partial charge is 0.369 e. The van der Waals surface area contributed by atoms with Crippen molar-refractivity contribution in [1.82, 2.24) is 9.97 Å². The number of hydrogen-bond donors (Lipinski definition) is 2. The van der Waals surface area contributed by atoms with E-state index in [1.807, 2.05) is 0 Å². The number of nitrogens with zero attached hydrogens (tertiary/aromatic N) is 3. The lowest BCUT2D eigenvalue weighted by atomic mass is 10.1. The number of aryl methyl sites for hydroxylation is 1. The number of pyridine rings is 2. The molecule has 0 radical (unpaired) electrons. The third kappa shape index (κ3) is 4.69. The van der Waals surface area contributed by atoms with E-state index in [-0.39, 0.29) is 24.5 Å². The van der Waals surface area contributed by atoms with Crippen molar-refractivity contribution < 1.29 is 18.3 Å². The third-order valence-electron chi connectivity index (χ3n) is 4.16. The van der Waals surface area contributed by atoms with E-state index in [2.05, 4.69) is 15.3 Å². The van der Waals surface area contributed by atoms with Gasteiger partial charge in [0.15, 0.2) is 0 Å². The maximum absolute atomic E-state index is 13.1. The molecule has 0 bridgehead atoms. The summed E-state index contributed by atoms with van der Waals surface area (Å²) in [5.41, 5.74) is 1.17.